The van der Waals surface area contributed by atoms with Crippen molar-refractivity contribution in [1.29, 1.82) is 0 Å². The van der Waals surface area contributed by atoms with Crippen molar-refractivity contribution in [1.82, 2.24) is 9.55 Å². The van der Waals surface area contributed by atoms with Gasteiger partial charge in [-0.25, -0.2) is 0 Å². The monoisotopic (exact) mass is 429 g/mol. The number of rotatable bonds is 7. The maximum absolute atomic E-state index is 12.8. The van der Waals surface area contributed by atoms with Crippen molar-refractivity contribution in [2.24, 2.45) is 5.92 Å². The van der Waals surface area contributed by atoms with E-state index in [1.807, 2.05) is 4.90 Å². The number of nitrogens with one attached hydrogen (secondary N) is 1. The lowest BCUT2D eigenvalue weighted by molar-refractivity contribution is -0.385. The number of carbonyl (C=O) groups excluding carboxylic acids is 2. The van der Waals surface area contributed by atoms with Crippen LogP contribution in [0, 0.1) is 16.0 Å². The van der Waals surface area contributed by atoms with E-state index >= 15 is 0 Å². The van der Waals surface area contributed by atoms with Crippen LogP contribution in [0.3, 0.4) is 0 Å². The largest absolute Gasteiger partial charge is 0.465 e. The number of ether oxygens (including phenoxy) is 1. The molecule has 0 aromatic carbocycles. The van der Waals surface area contributed by atoms with E-state index in [1.54, 1.807) is 13.1 Å². The summed E-state index contributed by atoms with van der Waals surface area (Å²) in [5.41, 5.74) is 0.499. The van der Waals surface area contributed by atoms with Crippen LogP contribution in [0.1, 0.15) is 19.8 Å². The molecule has 0 radical (unpaired) electrons. The number of amides is 1. The number of piperidine rings is 1. The number of nitrogens with zero attached hydrogens (tertiary/aromatic N) is 4. The van der Waals surface area contributed by atoms with Crippen LogP contribution in [0.15, 0.2) is 41.6 Å². The molecule has 0 unspecified atom stereocenters. The Balaban J connectivity index is 1.68. The van der Waals surface area contributed by atoms with Crippen molar-refractivity contribution in [3.63, 3.8) is 0 Å². The Labute approximate surface area is 177 Å². The zero-order valence-electron chi connectivity index (χ0n) is 17.0. The second-order valence-electron chi connectivity index (χ2n) is 7.12. The molecule has 1 atom stereocenters. The fourth-order valence-corrected chi connectivity index (χ4v) is 3.43. The zero-order valence-corrected chi connectivity index (χ0v) is 17.0. The van der Waals surface area contributed by atoms with Gasteiger partial charge in [-0.15, -0.1) is 0 Å². The molecule has 1 saturated heterocycles. The predicted octanol–water partition coefficient (Wildman–Crippen LogP) is 1.57. The second-order valence-corrected chi connectivity index (χ2v) is 7.12. The Kier molecular flexibility index (Phi) is 6.96. The first-order valence-electron chi connectivity index (χ1n) is 9.88. The molecule has 1 aliphatic rings. The van der Waals surface area contributed by atoms with E-state index in [-0.39, 0.29) is 36.2 Å². The number of nitro groups is 1. The number of carbonyl (C=O) groups is 2. The fraction of sp³-hybridized carbons (Fsp3) is 0.400. The molecule has 164 valence electrons. The van der Waals surface area contributed by atoms with Crippen molar-refractivity contribution in [3.8, 4) is 0 Å². The van der Waals surface area contributed by atoms with Crippen molar-refractivity contribution in [2.45, 2.75) is 26.3 Å². The number of aromatic nitrogens is 2. The van der Waals surface area contributed by atoms with Gasteiger partial charge in [0.05, 0.1) is 35.0 Å². The topological polar surface area (TPSA) is 137 Å². The first-order valence-corrected chi connectivity index (χ1v) is 9.88. The van der Waals surface area contributed by atoms with Crippen LogP contribution in [0.5, 0.6) is 0 Å². The summed E-state index contributed by atoms with van der Waals surface area (Å²) in [6.45, 7) is 2.69. The van der Waals surface area contributed by atoms with Crippen LogP contribution >= 0.6 is 0 Å². The minimum Gasteiger partial charge on any atom is -0.465 e. The van der Waals surface area contributed by atoms with E-state index < -0.39 is 10.9 Å². The minimum atomic E-state index is -0.540. The first kappa shape index (κ1) is 21.9. The molecule has 0 spiro atoms. The van der Waals surface area contributed by atoms with Gasteiger partial charge in [0.25, 0.3) is 11.2 Å². The molecule has 3 heterocycles. The highest BCUT2D eigenvalue weighted by Gasteiger charge is 2.27. The maximum Gasteiger partial charge on any atom is 0.326 e. The lowest BCUT2D eigenvalue weighted by Gasteiger charge is -2.33. The third-order valence-corrected chi connectivity index (χ3v) is 4.93. The normalized spacial score (nSPS) is 15.9. The van der Waals surface area contributed by atoms with E-state index in [0.29, 0.717) is 30.9 Å². The third kappa shape index (κ3) is 5.65. The molecule has 31 heavy (non-hydrogen) atoms. The van der Waals surface area contributed by atoms with Gasteiger partial charge in [-0.1, -0.05) is 0 Å². The minimum absolute atomic E-state index is 0.104. The molecule has 0 aliphatic carbocycles. The molecule has 3 rings (SSSR count). The van der Waals surface area contributed by atoms with Crippen LogP contribution in [-0.4, -0.2) is 46.0 Å². The van der Waals surface area contributed by atoms with Gasteiger partial charge >= 0.3 is 5.97 Å². The van der Waals surface area contributed by atoms with Crippen LogP contribution in [0.25, 0.3) is 0 Å². The predicted molar refractivity (Wildman–Crippen MR) is 112 cm³/mol. The van der Waals surface area contributed by atoms with Crippen LogP contribution in [-0.2, 0) is 20.9 Å². The molecule has 1 N–H and O–H groups in total. The molecule has 0 saturated carbocycles. The van der Waals surface area contributed by atoms with Crippen LogP contribution in [0.2, 0.25) is 0 Å². The first-order chi connectivity index (χ1) is 14.9. The highest BCUT2D eigenvalue weighted by atomic mass is 16.6. The summed E-state index contributed by atoms with van der Waals surface area (Å²) in [5.74, 6) is -1.12. The SMILES string of the molecule is CCOC(=O)Cn1cc(NC(=O)[C@H]2CCCN(c3cncc([N+](=O)[O-])c3)C2)ccc1=O. The quantitative estimate of drug-likeness (QED) is 0.398. The zero-order chi connectivity index (χ0) is 22.4. The summed E-state index contributed by atoms with van der Waals surface area (Å²) in [7, 11) is 0. The Morgan fingerprint density at radius 2 is 2.16 bits per heavy atom. The molecular weight excluding hydrogens is 406 g/mol. The number of esters is 1. The molecule has 0 bridgehead atoms. The van der Waals surface area contributed by atoms with E-state index in [4.69, 9.17) is 4.74 Å². The van der Waals surface area contributed by atoms with Crippen molar-refractivity contribution in [3.05, 3.63) is 57.3 Å². The van der Waals surface area contributed by atoms with Gasteiger partial charge in [0, 0.05) is 31.4 Å². The van der Waals surface area contributed by atoms with Gasteiger partial charge in [0.15, 0.2) is 0 Å². The van der Waals surface area contributed by atoms with Crippen molar-refractivity contribution < 1.29 is 19.2 Å². The van der Waals surface area contributed by atoms with Gasteiger partial charge in [0.1, 0.15) is 12.7 Å². The Morgan fingerprint density at radius 1 is 1.35 bits per heavy atom. The molecule has 11 nitrogen and oxygen atoms in total. The van der Waals surface area contributed by atoms with Gasteiger partial charge in [-0.3, -0.25) is 29.5 Å². The molecule has 1 fully saturated rings. The Hall–Kier alpha value is -3.76. The van der Waals surface area contributed by atoms with Crippen LogP contribution in [0.4, 0.5) is 17.1 Å². The summed E-state index contributed by atoms with van der Waals surface area (Å²) >= 11 is 0. The smallest absolute Gasteiger partial charge is 0.326 e. The van der Waals surface area contributed by atoms with E-state index in [2.05, 4.69) is 10.3 Å². The number of anilines is 2. The highest BCUT2D eigenvalue weighted by molar-refractivity contribution is 5.93. The Bertz CT molecular complexity index is 1040. The van der Waals surface area contributed by atoms with Crippen molar-refractivity contribution in [2.75, 3.05) is 29.9 Å². The second kappa shape index (κ2) is 9.83. The highest BCUT2D eigenvalue weighted by Crippen LogP contribution is 2.26. The third-order valence-electron chi connectivity index (χ3n) is 4.93. The molecule has 1 aliphatic heterocycles. The summed E-state index contributed by atoms with van der Waals surface area (Å²) in [6.07, 6.45) is 5.53. The fourth-order valence-electron chi connectivity index (χ4n) is 3.43. The summed E-state index contributed by atoms with van der Waals surface area (Å²) in [5, 5.41) is 13.8. The van der Waals surface area contributed by atoms with E-state index in [0.717, 1.165) is 6.42 Å². The molecule has 2 aromatic rings. The molecule has 2 aromatic heterocycles. The van der Waals surface area contributed by atoms with E-state index in [9.17, 15) is 24.5 Å². The number of hydrogen-bond donors (Lipinski definition) is 1. The summed E-state index contributed by atoms with van der Waals surface area (Å²) in [6, 6.07) is 4.20. The van der Waals surface area contributed by atoms with Gasteiger partial charge < -0.3 is 19.5 Å². The maximum atomic E-state index is 12.8. The lowest BCUT2D eigenvalue weighted by Crippen LogP contribution is -2.41. The van der Waals surface area contributed by atoms with Gasteiger partial charge in [0.2, 0.25) is 5.91 Å². The molecule has 1 amide bonds. The van der Waals surface area contributed by atoms with E-state index in [1.165, 1.54) is 35.2 Å². The average molecular weight is 429 g/mol. The average Bonchev–Trinajstić information content (AvgIpc) is 2.76. The van der Waals surface area contributed by atoms with Crippen molar-refractivity contribution >= 4 is 28.9 Å². The van der Waals surface area contributed by atoms with Gasteiger partial charge in [-0.2, -0.15) is 0 Å². The Morgan fingerprint density at radius 3 is 2.90 bits per heavy atom. The standard InChI is InChI=1S/C20H23N5O6/c1-2-31-19(27)13-24-12-15(5-6-18(24)26)22-20(28)14-4-3-7-23(11-14)16-8-17(25(29)30)10-21-9-16/h5-6,8-10,12,14H,2-4,7,11,13H2,1H3,(H,22,28)/t14-/m0/s1. The summed E-state index contributed by atoms with van der Waals surface area (Å²) in [4.78, 5) is 52.7. The lowest BCUT2D eigenvalue weighted by atomic mass is 9.96. The summed E-state index contributed by atoms with van der Waals surface area (Å²) < 4.78 is 6.03. The van der Waals surface area contributed by atoms with Gasteiger partial charge in [-0.05, 0) is 25.8 Å². The molecule has 11 heteroatoms. The van der Waals surface area contributed by atoms with Crippen LogP contribution < -0.4 is 15.8 Å². The molecular formula is C20H23N5O6. The number of hydrogen-bond acceptors (Lipinski definition) is 8. The number of pyridine rings is 2.